The molecule has 1 aliphatic carbocycles. The Balaban J connectivity index is 1.35. The Morgan fingerprint density at radius 2 is 1.96 bits per heavy atom. The second kappa shape index (κ2) is 6.24. The Labute approximate surface area is 146 Å². The van der Waals surface area contributed by atoms with Crippen molar-refractivity contribution in [3.63, 3.8) is 0 Å². The molecule has 1 aliphatic rings. The molecule has 0 saturated heterocycles. The highest BCUT2D eigenvalue weighted by Crippen LogP contribution is 2.39. The van der Waals surface area contributed by atoms with E-state index in [1.807, 2.05) is 0 Å². The third-order valence-electron chi connectivity index (χ3n) is 4.13. The Bertz CT molecular complexity index is 880. The molecule has 0 amide bonds. The van der Waals surface area contributed by atoms with Gasteiger partial charge in [0.15, 0.2) is 5.76 Å². The Kier molecular flexibility index (Phi) is 3.93. The van der Waals surface area contributed by atoms with Crippen LogP contribution in [0.4, 0.5) is 0 Å². The van der Waals surface area contributed by atoms with Crippen molar-refractivity contribution in [2.24, 2.45) is 0 Å². The molecule has 4 rings (SSSR count). The molecule has 0 bridgehead atoms. The second-order valence-corrected chi connectivity index (χ2v) is 6.69. The number of nitrogens with zero attached hydrogens (tertiary/aromatic N) is 2. The molecule has 122 valence electrons. The number of nitrogens with one attached hydrogen (secondary N) is 1. The van der Waals surface area contributed by atoms with Gasteiger partial charge >= 0.3 is 0 Å². The lowest BCUT2D eigenvalue weighted by Gasteiger charge is -2.35. The maximum Gasteiger partial charge on any atom is 0.280 e. The molecule has 2 aromatic heterocycles. The van der Waals surface area contributed by atoms with E-state index in [-0.39, 0.29) is 11.7 Å². The summed E-state index contributed by atoms with van der Waals surface area (Å²) in [5.74, 6) is 1.37. The molecule has 0 aliphatic heterocycles. The van der Waals surface area contributed by atoms with Crippen molar-refractivity contribution >= 4 is 15.9 Å². The molecule has 6 nitrogen and oxygen atoms in total. The lowest BCUT2D eigenvalue weighted by Crippen LogP contribution is -2.32. The number of hydrogen-bond acceptors (Lipinski definition) is 5. The number of aromatic nitrogens is 3. The largest absolute Gasteiger partial charge is 0.473 e. The lowest BCUT2D eigenvalue weighted by molar-refractivity contribution is 0.0931. The van der Waals surface area contributed by atoms with E-state index < -0.39 is 0 Å². The van der Waals surface area contributed by atoms with Gasteiger partial charge in [0.2, 0.25) is 5.88 Å². The van der Waals surface area contributed by atoms with Crippen LogP contribution in [0.1, 0.15) is 24.3 Å². The molecule has 3 aromatic rings. The van der Waals surface area contributed by atoms with Gasteiger partial charge in [0.1, 0.15) is 11.8 Å². The molecule has 1 saturated carbocycles. The van der Waals surface area contributed by atoms with E-state index in [9.17, 15) is 4.79 Å². The van der Waals surface area contributed by atoms with Crippen LogP contribution in [-0.4, -0.2) is 21.2 Å². The van der Waals surface area contributed by atoms with Gasteiger partial charge in [-0.05, 0) is 36.5 Å². The average Bonchev–Trinajstić information content (AvgIpc) is 2.99. The van der Waals surface area contributed by atoms with Crippen LogP contribution in [0, 0.1) is 0 Å². The van der Waals surface area contributed by atoms with E-state index in [0.29, 0.717) is 23.3 Å². The van der Waals surface area contributed by atoms with Gasteiger partial charge < -0.3 is 9.26 Å². The molecule has 1 N–H and O–H groups in total. The van der Waals surface area contributed by atoms with Gasteiger partial charge in [-0.3, -0.25) is 4.79 Å². The average molecular weight is 388 g/mol. The topological polar surface area (TPSA) is 81.0 Å². The Hall–Kier alpha value is -2.41. The molecular formula is C17H14BrN3O3. The number of benzene rings is 1. The summed E-state index contributed by atoms with van der Waals surface area (Å²) in [6.07, 6.45) is 5.18. The first-order valence-electron chi connectivity index (χ1n) is 7.60. The van der Waals surface area contributed by atoms with Gasteiger partial charge in [-0.25, -0.2) is 9.97 Å². The molecule has 1 fully saturated rings. The fraction of sp³-hybridized carbons (Fsp3) is 0.235. The smallest absolute Gasteiger partial charge is 0.280 e. The molecule has 1 aromatic carbocycles. The predicted molar refractivity (Wildman–Crippen MR) is 90.9 cm³/mol. The fourth-order valence-electron chi connectivity index (χ4n) is 2.75. The lowest BCUT2D eigenvalue weighted by atomic mass is 9.77. The van der Waals surface area contributed by atoms with Crippen LogP contribution in [0.15, 0.2) is 56.5 Å². The van der Waals surface area contributed by atoms with Crippen molar-refractivity contribution < 1.29 is 9.26 Å². The van der Waals surface area contributed by atoms with Gasteiger partial charge in [-0.15, -0.1) is 0 Å². The summed E-state index contributed by atoms with van der Waals surface area (Å²) in [5, 5.41) is 2.22. The highest BCUT2D eigenvalue weighted by molar-refractivity contribution is 9.10. The first-order chi connectivity index (χ1) is 11.7. The number of ether oxygens (including phenoxy) is 1. The monoisotopic (exact) mass is 387 g/mol. The Morgan fingerprint density at radius 1 is 1.17 bits per heavy atom. The van der Waals surface area contributed by atoms with Crippen LogP contribution < -0.4 is 10.3 Å². The number of H-pyrrole nitrogens is 1. The summed E-state index contributed by atoms with van der Waals surface area (Å²) >= 11 is 3.45. The minimum Gasteiger partial charge on any atom is -0.473 e. The molecule has 0 unspecified atom stereocenters. The molecule has 2 heterocycles. The van der Waals surface area contributed by atoms with Gasteiger partial charge in [-0.1, -0.05) is 28.1 Å². The molecule has 24 heavy (non-hydrogen) atoms. The van der Waals surface area contributed by atoms with E-state index in [2.05, 4.69) is 55.3 Å². The minimum absolute atomic E-state index is 0.156. The van der Waals surface area contributed by atoms with Gasteiger partial charge in [0, 0.05) is 4.47 Å². The van der Waals surface area contributed by atoms with E-state index >= 15 is 0 Å². The summed E-state index contributed by atoms with van der Waals surface area (Å²) in [7, 11) is 0. The third-order valence-corrected chi connectivity index (χ3v) is 4.66. The van der Waals surface area contributed by atoms with Gasteiger partial charge in [-0.2, -0.15) is 5.16 Å². The first kappa shape index (κ1) is 15.1. The van der Waals surface area contributed by atoms with Crippen molar-refractivity contribution in [3.05, 3.63) is 63.1 Å². The Morgan fingerprint density at radius 3 is 2.58 bits per heavy atom. The summed E-state index contributed by atoms with van der Waals surface area (Å²) in [4.78, 5) is 19.5. The normalized spacial score (nSPS) is 19.7. The molecule has 0 atom stereocenters. The maximum atomic E-state index is 11.1. The first-order valence-corrected chi connectivity index (χ1v) is 8.40. The standard InChI is InChI=1S/C17H14BrN3O3/c18-12-3-1-10(2-4-12)11-5-13(6-11)23-17-9-19-14(8-20-17)15-7-16(22)21-24-15/h1-4,7-9,11,13H,5-6H2,(H,21,22). The third kappa shape index (κ3) is 3.12. The van der Waals surface area contributed by atoms with Gasteiger partial charge in [0.05, 0.1) is 18.5 Å². The van der Waals surface area contributed by atoms with E-state index in [4.69, 9.17) is 9.26 Å². The van der Waals surface area contributed by atoms with Crippen LogP contribution in [-0.2, 0) is 0 Å². The van der Waals surface area contributed by atoms with Crippen LogP contribution in [0.2, 0.25) is 0 Å². The van der Waals surface area contributed by atoms with Crippen molar-refractivity contribution in [1.29, 1.82) is 0 Å². The maximum absolute atomic E-state index is 11.1. The SMILES string of the molecule is O=c1cc(-c2cnc(OC3CC(c4ccc(Br)cc4)C3)cn2)o[nH]1. The molecule has 0 radical (unpaired) electrons. The van der Waals surface area contributed by atoms with Crippen molar-refractivity contribution in [2.45, 2.75) is 24.9 Å². The summed E-state index contributed by atoms with van der Waals surface area (Å²) in [6.45, 7) is 0. The highest BCUT2D eigenvalue weighted by Gasteiger charge is 2.32. The van der Waals surface area contributed by atoms with E-state index in [1.165, 1.54) is 17.8 Å². The molecule has 7 heteroatoms. The highest BCUT2D eigenvalue weighted by atomic mass is 79.9. The second-order valence-electron chi connectivity index (χ2n) is 5.78. The summed E-state index contributed by atoms with van der Waals surface area (Å²) in [6, 6.07) is 9.74. The van der Waals surface area contributed by atoms with Crippen LogP contribution in [0.3, 0.4) is 0 Å². The van der Waals surface area contributed by atoms with Crippen molar-refractivity contribution in [2.75, 3.05) is 0 Å². The summed E-state index contributed by atoms with van der Waals surface area (Å²) < 4.78 is 11.9. The molecular weight excluding hydrogens is 374 g/mol. The quantitative estimate of drug-likeness (QED) is 0.740. The molecule has 0 spiro atoms. The van der Waals surface area contributed by atoms with Crippen molar-refractivity contribution in [1.82, 2.24) is 15.1 Å². The van der Waals surface area contributed by atoms with Crippen LogP contribution >= 0.6 is 15.9 Å². The number of halogens is 1. The number of aromatic amines is 1. The van der Waals surface area contributed by atoms with E-state index in [0.717, 1.165) is 17.3 Å². The fourth-order valence-corrected chi connectivity index (χ4v) is 3.02. The van der Waals surface area contributed by atoms with Crippen molar-refractivity contribution in [3.8, 4) is 17.3 Å². The zero-order valence-electron chi connectivity index (χ0n) is 12.6. The van der Waals surface area contributed by atoms with Gasteiger partial charge in [0.25, 0.3) is 5.56 Å². The van der Waals surface area contributed by atoms with E-state index in [1.54, 1.807) is 6.20 Å². The zero-order valence-corrected chi connectivity index (χ0v) is 14.2. The number of hydrogen-bond donors (Lipinski definition) is 1. The minimum atomic E-state index is -0.305. The number of rotatable bonds is 4. The van der Waals surface area contributed by atoms with Crippen LogP contribution in [0.25, 0.3) is 11.5 Å². The zero-order chi connectivity index (χ0) is 16.5. The van der Waals surface area contributed by atoms with Crippen LogP contribution in [0.5, 0.6) is 5.88 Å². The summed E-state index contributed by atoms with van der Waals surface area (Å²) in [5.41, 5.74) is 1.52. The predicted octanol–water partition coefficient (Wildman–Crippen LogP) is 3.51.